The first-order valence-corrected chi connectivity index (χ1v) is 24.7. The van der Waals surface area contributed by atoms with Crippen LogP contribution in [-0.4, -0.2) is 57.5 Å². The highest BCUT2D eigenvalue weighted by molar-refractivity contribution is 7.91. The average molecular weight is 881 g/mol. The van der Waals surface area contributed by atoms with Crippen LogP contribution in [-0.2, 0) is 22.7 Å². The Balaban J connectivity index is 0.791. The minimum absolute atomic E-state index is 0.102. The topological polar surface area (TPSA) is 40.6 Å². The molecule has 2 heterocycles. The first-order chi connectivity index (χ1) is 31.8. The molecule has 2 fully saturated rings. The predicted octanol–water partition coefficient (Wildman–Crippen LogP) is 12.8. The fourth-order valence-corrected chi connectivity index (χ4v) is 12.3. The summed E-state index contributed by atoms with van der Waals surface area (Å²) in [7, 11) is -4.07. The van der Waals surface area contributed by atoms with Crippen LogP contribution in [0.25, 0.3) is 35.5 Å². The van der Waals surface area contributed by atoms with Gasteiger partial charge < -0.3 is 9.80 Å². The fraction of sp³-hybridized carbons (Fsp3) is 0.241. The first-order valence-electron chi connectivity index (χ1n) is 23.2. The lowest BCUT2D eigenvalue weighted by Gasteiger charge is -2.30. The molecule has 2 saturated heterocycles. The molecule has 0 unspecified atom stereocenters. The van der Waals surface area contributed by atoms with Crippen molar-refractivity contribution in [2.24, 2.45) is 0 Å². The molecule has 0 saturated carbocycles. The minimum atomic E-state index is -4.07. The number of likely N-dealkylation sites (tertiary alicyclic amines) is 2. The maximum Gasteiger partial charge on any atom is 0.207 e. The molecule has 10 rings (SSSR count). The van der Waals surface area contributed by atoms with Gasteiger partial charge in [0, 0.05) is 26.2 Å². The molecule has 4 nitrogen and oxygen atoms in total. The summed E-state index contributed by atoms with van der Waals surface area (Å²) < 4.78 is 58.7. The van der Waals surface area contributed by atoms with Crippen LogP contribution in [0.1, 0.15) is 94.2 Å². The molecule has 0 N–H and O–H groups in total. The fourth-order valence-electron chi connectivity index (χ4n) is 10.6. The summed E-state index contributed by atoms with van der Waals surface area (Å²) in [6, 6.07) is 42.5. The predicted molar refractivity (Wildman–Crippen MR) is 262 cm³/mol. The molecule has 6 aromatic carbocycles. The van der Waals surface area contributed by atoms with E-state index in [0.717, 1.165) is 65.0 Å². The Morgan fingerprint density at radius 1 is 0.431 bits per heavy atom. The van der Waals surface area contributed by atoms with Crippen molar-refractivity contribution in [1.82, 2.24) is 9.80 Å². The zero-order chi connectivity index (χ0) is 44.3. The summed E-state index contributed by atoms with van der Waals surface area (Å²) in [5.74, 6) is -0.925. The van der Waals surface area contributed by atoms with Gasteiger partial charge in [-0.3, -0.25) is 0 Å². The average Bonchev–Trinajstić information content (AvgIpc) is 3.60. The van der Waals surface area contributed by atoms with Crippen LogP contribution in [0.15, 0.2) is 154 Å². The molecular weight excluding hydrogens is 827 g/mol. The third kappa shape index (κ3) is 9.02. The summed E-state index contributed by atoms with van der Waals surface area (Å²) in [5, 5.41) is 0. The van der Waals surface area contributed by atoms with Gasteiger partial charge in [-0.2, -0.15) is 0 Å². The van der Waals surface area contributed by atoms with Gasteiger partial charge in [0.25, 0.3) is 0 Å². The molecule has 65 heavy (non-hydrogen) atoms. The minimum Gasteiger partial charge on any atom is -0.303 e. The maximum absolute atomic E-state index is 14.9. The molecule has 0 spiro atoms. The van der Waals surface area contributed by atoms with Crippen LogP contribution < -0.4 is 0 Å². The van der Waals surface area contributed by atoms with Crippen molar-refractivity contribution in [2.45, 2.75) is 61.2 Å². The molecule has 4 aliphatic rings. The van der Waals surface area contributed by atoms with Crippen LogP contribution in [0, 0.1) is 11.6 Å². The summed E-state index contributed by atoms with van der Waals surface area (Å²) in [6.45, 7) is 5.17. The smallest absolute Gasteiger partial charge is 0.207 e. The van der Waals surface area contributed by atoms with E-state index in [9.17, 15) is 17.2 Å². The number of hydrogen-bond acceptors (Lipinski definition) is 4. The Labute approximate surface area is 382 Å². The van der Waals surface area contributed by atoms with Gasteiger partial charge in [0.1, 0.15) is 11.6 Å². The third-order valence-electron chi connectivity index (χ3n) is 13.9. The number of nitrogens with zero attached hydrogens (tertiary/aromatic N) is 2. The maximum atomic E-state index is 14.9. The Bertz CT molecular complexity index is 2700. The normalized spacial score (nSPS) is 16.4. The van der Waals surface area contributed by atoms with Gasteiger partial charge >= 0.3 is 0 Å². The van der Waals surface area contributed by atoms with E-state index in [1.807, 2.05) is 0 Å². The number of piperidine rings is 2. The second-order valence-electron chi connectivity index (χ2n) is 17.9. The van der Waals surface area contributed by atoms with Gasteiger partial charge in [0.15, 0.2) is 0 Å². The number of rotatable bonds is 10. The van der Waals surface area contributed by atoms with E-state index in [4.69, 9.17) is 0 Å². The molecule has 0 radical (unpaired) electrons. The molecule has 0 aromatic heterocycles. The highest BCUT2D eigenvalue weighted by Gasteiger charge is 2.28. The molecule has 0 atom stereocenters. The monoisotopic (exact) mass is 880 g/mol. The highest BCUT2D eigenvalue weighted by atomic mass is 32.2. The van der Waals surface area contributed by atoms with Crippen molar-refractivity contribution in [2.75, 3.05) is 39.3 Å². The second-order valence-corrected chi connectivity index (χ2v) is 19.8. The van der Waals surface area contributed by atoms with Crippen molar-refractivity contribution >= 4 is 45.3 Å². The largest absolute Gasteiger partial charge is 0.303 e. The van der Waals surface area contributed by atoms with Crippen LogP contribution >= 0.6 is 0 Å². The number of sulfone groups is 1. The van der Waals surface area contributed by atoms with Gasteiger partial charge in [0.2, 0.25) is 9.84 Å². The van der Waals surface area contributed by atoms with E-state index < -0.39 is 21.5 Å². The number of fused-ring (bicyclic) bond motifs is 4. The SMILES string of the molecule is O=S(=O)(c1ccc(F)cc1CCCN1CCC(=C2c3ccccc3C=Cc3ccccc32)CC1)c1ccc(F)cc1CCCN1CCC(=C2c3ccccc3C=Cc3ccccc32)CC1. The number of benzene rings is 6. The van der Waals surface area contributed by atoms with Gasteiger partial charge in [-0.05, 0) is 168 Å². The van der Waals surface area contributed by atoms with E-state index in [2.05, 4.69) is 131 Å². The highest BCUT2D eigenvalue weighted by Crippen LogP contribution is 2.41. The number of hydrogen-bond donors (Lipinski definition) is 0. The Morgan fingerprint density at radius 2 is 0.754 bits per heavy atom. The summed E-state index contributed by atoms with van der Waals surface area (Å²) >= 11 is 0. The molecule has 328 valence electrons. The molecule has 0 amide bonds. The lowest BCUT2D eigenvalue weighted by atomic mass is 9.86. The Hall–Kier alpha value is -5.99. The van der Waals surface area contributed by atoms with E-state index in [0.29, 0.717) is 36.8 Å². The van der Waals surface area contributed by atoms with Crippen molar-refractivity contribution < 1.29 is 17.2 Å². The van der Waals surface area contributed by atoms with Crippen LogP contribution in [0.4, 0.5) is 8.78 Å². The molecule has 0 bridgehead atoms. The van der Waals surface area contributed by atoms with Crippen molar-refractivity contribution in [1.29, 1.82) is 0 Å². The standard InChI is InChI=1S/C58H54F2N2O2S/c59-49-25-27-55(47(39-49)15-9-33-61-35-29-45(30-36-61)57-51-17-5-1-11-41(51)21-22-42-12-2-6-18-52(42)57)65(63,64)56-28-26-50(60)40-48(56)16-10-34-62-37-31-46(32-38-62)58-53-19-7-3-13-43(53)23-24-44-14-4-8-20-54(44)58/h1-8,11-14,17-28,39-40H,9-10,15-16,29-38H2. The Kier molecular flexibility index (Phi) is 12.5. The zero-order valence-corrected chi connectivity index (χ0v) is 37.6. The molecular formula is C58H54F2N2O2S. The molecule has 2 aliphatic heterocycles. The van der Waals surface area contributed by atoms with Gasteiger partial charge in [-0.15, -0.1) is 0 Å². The van der Waals surface area contributed by atoms with Crippen molar-refractivity contribution in [3.05, 3.63) is 212 Å². The third-order valence-corrected chi connectivity index (χ3v) is 15.9. The molecule has 7 heteroatoms. The van der Waals surface area contributed by atoms with Gasteiger partial charge in [-0.1, -0.05) is 133 Å². The van der Waals surface area contributed by atoms with E-state index in [1.165, 1.54) is 103 Å². The number of halogens is 2. The van der Waals surface area contributed by atoms with E-state index in [1.54, 1.807) is 0 Å². The van der Waals surface area contributed by atoms with Crippen molar-refractivity contribution in [3.8, 4) is 0 Å². The van der Waals surface area contributed by atoms with Crippen LogP contribution in [0.5, 0.6) is 0 Å². The van der Waals surface area contributed by atoms with Gasteiger partial charge in [-0.25, -0.2) is 17.2 Å². The lowest BCUT2D eigenvalue weighted by molar-refractivity contribution is 0.254. The van der Waals surface area contributed by atoms with E-state index >= 15 is 0 Å². The summed E-state index contributed by atoms with van der Waals surface area (Å²) in [4.78, 5) is 5.08. The van der Waals surface area contributed by atoms with Crippen LogP contribution in [0.3, 0.4) is 0 Å². The Morgan fingerprint density at radius 3 is 1.09 bits per heavy atom. The van der Waals surface area contributed by atoms with E-state index in [-0.39, 0.29) is 9.79 Å². The molecule has 2 aliphatic carbocycles. The second kappa shape index (κ2) is 18.9. The lowest BCUT2D eigenvalue weighted by Crippen LogP contribution is -2.32. The van der Waals surface area contributed by atoms with Crippen molar-refractivity contribution in [3.63, 3.8) is 0 Å². The summed E-state index contributed by atoms with van der Waals surface area (Å²) in [6.07, 6.45) is 14.9. The zero-order valence-electron chi connectivity index (χ0n) is 36.8. The van der Waals surface area contributed by atoms with Gasteiger partial charge in [0.05, 0.1) is 9.79 Å². The number of aryl methyl sites for hydroxylation is 2. The van der Waals surface area contributed by atoms with Crippen LogP contribution in [0.2, 0.25) is 0 Å². The quantitative estimate of drug-likeness (QED) is 0.128. The molecule has 6 aromatic rings. The first kappa shape index (κ1) is 42.9. The summed E-state index contributed by atoms with van der Waals surface area (Å²) in [5.41, 5.74) is 16.6.